The SMILES string of the molecule is CCCS(=O)(=O)C1(N)C=CC=CC1N. The molecule has 4 nitrogen and oxygen atoms in total. The van der Waals surface area contributed by atoms with Crippen LogP contribution in [-0.2, 0) is 9.84 Å². The minimum Gasteiger partial charge on any atom is -0.322 e. The van der Waals surface area contributed by atoms with Gasteiger partial charge in [-0.1, -0.05) is 25.2 Å². The Bertz CT molecular complexity index is 359. The molecule has 0 amide bonds. The molecule has 0 fully saturated rings. The second kappa shape index (κ2) is 3.84. The third kappa shape index (κ3) is 1.75. The summed E-state index contributed by atoms with van der Waals surface area (Å²) in [7, 11) is -3.37. The maximum absolute atomic E-state index is 11.8. The molecule has 80 valence electrons. The van der Waals surface area contributed by atoms with Crippen molar-refractivity contribution in [3.63, 3.8) is 0 Å². The van der Waals surface area contributed by atoms with Crippen LogP contribution in [0.25, 0.3) is 0 Å². The summed E-state index contributed by atoms with van der Waals surface area (Å²) in [4.78, 5) is -1.43. The lowest BCUT2D eigenvalue weighted by Crippen LogP contribution is -2.59. The molecule has 1 aliphatic rings. The Morgan fingerprint density at radius 3 is 2.57 bits per heavy atom. The van der Waals surface area contributed by atoms with Gasteiger partial charge in [-0.25, -0.2) is 8.42 Å². The minimum absolute atomic E-state index is 0.0649. The van der Waals surface area contributed by atoms with Crippen LogP contribution in [-0.4, -0.2) is 25.1 Å². The van der Waals surface area contributed by atoms with Crippen LogP contribution in [0, 0.1) is 0 Å². The van der Waals surface area contributed by atoms with Crippen LogP contribution in [0.1, 0.15) is 13.3 Å². The van der Waals surface area contributed by atoms with E-state index in [0.29, 0.717) is 6.42 Å². The Balaban J connectivity index is 3.06. The van der Waals surface area contributed by atoms with Gasteiger partial charge in [0.05, 0.1) is 11.8 Å². The quantitative estimate of drug-likeness (QED) is 0.691. The van der Waals surface area contributed by atoms with E-state index in [-0.39, 0.29) is 5.75 Å². The summed E-state index contributed by atoms with van der Waals surface area (Å²) < 4.78 is 23.7. The van der Waals surface area contributed by atoms with Crippen molar-refractivity contribution in [2.24, 2.45) is 11.5 Å². The topological polar surface area (TPSA) is 86.2 Å². The molecule has 1 rings (SSSR count). The first-order valence-corrected chi connectivity index (χ1v) is 6.22. The third-order valence-electron chi connectivity index (χ3n) is 2.32. The highest BCUT2D eigenvalue weighted by Crippen LogP contribution is 2.22. The van der Waals surface area contributed by atoms with E-state index in [1.807, 2.05) is 0 Å². The predicted molar refractivity (Wildman–Crippen MR) is 57.3 cm³/mol. The molecule has 4 N–H and O–H groups in total. The normalized spacial score (nSPS) is 32.1. The summed E-state index contributed by atoms with van der Waals surface area (Å²) in [6, 6.07) is -0.663. The molecule has 0 aromatic rings. The summed E-state index contributed by atoms with van der Waals surface area (Å²) in [5, 5.41) is 0. The first-order chi connectivity index (χ1) is 6.44. The maximum atomic E-state index is 11.8. The average Bonchev–Trinajstić information content (AvgIpc) is 2.10. The van der Waals surface area contributed by atoms with Crippen molar-refractivity contribution in [3.8, 4) is 0 Å². The minimum atomic E-state index is -3.37. The van der Waals surface area contributed by atoms with Gasteiger partial charge in [0.1, 0.15) is 0 Å². The number of hydrogen-bond acceptors (Lipinski definition) is 4. The molecule has 0 spiro atoms. The van der Waals surface area contributed by atoms with Crippen LogP contribution in [0.5, 0.6) is 0 Å². The number of rotatable bonds is 3. The fourth-order valence-electron chi connectivity index (χ4n) is 1.41. The van der Waals surface area contributed by atoms with Crippen LogP contribution < -0.4 is 11.5 Å². The third-order valence-corrected chi connectivity index (χ3v) is 4.75. The molecule has 0 bridgehead atoms. The monoisotopic (exact) mass is 216 g/mol. The van der Waals surface area contributed by atoms with Gasteiger partial charge in [0.15, 0.2) is 14.7 Å². The van der Waals surface area contributed by atoms with E-state index in [0.717, 1.165) is 0 Å². The number of nitrogens with two attached hydrogens (primary N) is 2. The second-order valence-corrected chi connectivity index (χ2v) is 5.79. The van der Waals surface area contributed by atoms with Crippen molar-refractivity contribution in [2.45, 2.75) is 24.3 Å². The van der Waals surface area contributed by atoms with Crippen molar-refractivity contribution in [1.29, 1.82) is 0 Å². The van der Waals surface area contributed by atoms with E-state index < -0.39 is 20.8 Å². The van der Waals surface area contributed by atoms with Crippen LogP contribution >= 0.6 is 0 Å². The first-order valence-electron chi connectivity index (χ1n) is 4.57. The Labute approximate surface area is 84.6 Å². The summed E-state index contributed by atoms with van der Waals surface area (Å²) in [5.74, 6) is 0.0649. The Kier molecular flexibility index (Phi) is 3.14. The highest BCUT2D eigenvalue weighted by atomic mass is 32.2. The lowest BCUT2D eigenvalue weighted by molar-refractivity contribution is 0.531. The van der Waals surface area contributed by atoms with Crippen molar-refractivity contribution < 1.29 is 8.42 Å². The Morgan fingerprint density at radius 2 is 2.07 bits per heavy atom. The van der Waals surface area contributed by atoms with Crippen molar-refractivity contribution in [3.05, 3.63) is 24.3 Å². The number of sulfone groups is 1. The van der Waals surface area contributed by atoms with E-state index in [2.05, 4.69) is 0 Å². The summed E-state index contributed by atoms with van der Waals surface area (Å²) in [6.07, 6.45) is 6.94. The summed E-state index contributed by atoms with van der Waals surface area (Å²) in [6.45, 7) is 1.80. The lowest BCUT2D eigenvalue weighted by Gasteiger charge is -2.31. The molecule has 0 aliphatic heterocycles. The van der Waals surface area contributed by atoms with E-state index >= 15 is 0 Å². The highest BCUT2D eigenvalue weighted by Gasteiger charge is 2.42. The fraction of sp³-hybridized carbons (Fsp3) is 0.556. The van der Waals surface area contributed by atoms with E-state index in [1.54, 1.807) is 25.2 Å². The lowest BCUT2D eigenvalue weighted by atomic mass is 10.0. The molecule has 0 saturated heterocycles. The number of allylic oxidation sites excluding steroid dienone is 2. The molecule has 2 unspecified atom stereocenters. The largest absolute Gasteiger partial charge is 0.322 e. The van der Waals surface area contributed by atoms with Crippen molar-refractivity contribution >= 4 is 9.84 Å². The summed E-state index contributed by atoms with van der Waals surface area (Å²) >= 11 is 0. The molecule has 0 saturated carbocycles. The molecule has 0 aromatic carbocycles. The Hall–Kier alpha value is -0.650. The summed E-state index contributed by atoms with van der Waals surface area (Å²) in [5.41, 5.74) is 11.5. The first kappa shape index (κ1) is 11.4. The maximum Gasteiger partial charge on any atom is 0.174 e. The molecule has 0 radical (unpaired) electrons. The molecule has 14 heavy (non-hydrogen) atoms. The molecule has 2 atom stereocenters. The second-order valence-electron chi connectivity index (χ2n) is 3.44. The van der Waals surface area contributed by atoms with Crippen molar-refractivity contribution in [1.82, 2.24) is 0 Å². The Morgan fingerprint density at radius 1 is 1.43 bits per heavy atom. The van der Waals surface area contributed by atoms with Gasteiger partial charge in [0.2, 0.25) is 0 Å². The fourth-order valence-corrected chi connectivity index (χ4v) is 3.08. The molecular weight excluding hydrogens is 200 g/mol. The van der Waals surface area contributed by atoms with Crippen LogP contribution in [0.4, 0.5) is 0 Å². The predicted octanol–water partition coefficient (Wildman–Crippen LogP) is -0.0805. The molecule has 0 aromatic heterocycles. The van der Waals surface area contributed by atoms with E-state index in [1.165, 1.54) is 6.08 Å². The molecule has 5 heteroatoms. The highest BCUT2D eigenvalue weighted by molar-refractivity contribution is 7.93. The van der Waals surface area contributed by atoms with Gasteiger partial charge >= 0.3 is 0 Å². The zero-order valence-corrected chi connectivity index (χ0v) is 9.00. The van der Waals surface area contributed by atoms with Crippen LogP contribution in [0.15, 0.2) is 24.3 Å². The van der Waals surface area contributed by atoms with Crippen LogP contribution in [0.2, 0.25) is 0 Å². The molecular formula is C9H16N2O2S. The van der Waals surface area contributed by atoms with Crippen molar-refractivity contribution in [2.75, 3.05) is 5.75 Å². The van der Waals surface area contributed by atoms with Gasteiger partial charge in [-0.15, -0.1) is 0 Å². The van der Waals surface area contributed by atoms with Gasteiger partial charge in [0.25, 0.3) is 0 Å². The van der Waals surface area contributed by atoms with Gasteiger partial charge in [0, 0.05) is 0 Å². The average molecular weight is 216 g/mol. The zero-order chi connectivity index (χ0) is 10.8. The standard InChI is InChI=1S/C9H16N2O2S/c1-2-7-14(12,13)9(11)6-4-3-5-8(9)10/h3-6,8H,2,7,10-11H2,1H3. The zero-order valence-electron chi connectivity index (χ0n) is 8.18. The van der Waals surface area contributed by atoms with E-state index in [9.17, 15) is 8.42 Å². The van der Waals surface area contributed by atoms with Crippen LogP contribution in [0.3, 0.4) is 0 Å². The van der Waals surface area contributed by atoms with Gasteiger partial charge < -0.3 is 11.5 Å². The van der Waals surface area contributed by atoms with E-state index in [4.69, 9.17) is 11.5 Å². The number of hydrogen-bond donors (Lipinski definition) is 2. The van der Waals surface area contributed by atoms with Gasteiger partial charge in [-0.3, -0.25) is 0 Å². The van der Waals surface area contributed by atoms with Gasteiger partial charge in [-0.05, 0) is 12.5 Å². The smallest absolute Gasteiger partial charge is 0.174 e. The molecule has 1 aliphatic carbocycles. The molecule has 0 heterocycles. The van der Waals surface area contributed by atoms with Gasteiger partial charge in [-0.2, -0.15) is 0 Å².